The van der Waals surface area contributed by atoms with Gasteiger partial charge in [0.1, 0.15) is 17.8 Å². The molecule has 3 atom stereocenters. The standard InChI is InChI=1S/C37H44ClN3O4/c1-5-9-31(26-14-12-25(4)13-15-26)39-35(43)32-33(42)37(6-2,7-3)34(32)45-30-18-16-27(17-19-30)36(44)41-22-20-40(21-23-41)29-11-8-10-28(38)24-29/h8,10-19,24,31-32,34H,5-7,9,20-23H2,1-4H3,(H,39,43)/t31?,32?,34-/m1/s1. The van der Waals surface area contributed by atoms with Gasteiger partial charge in [0.2, 0.25) is 5.91 Å². The van der Waals surface area contributed by atoms with E-state index >= 15 is 0 Å². The lowest BCUT2D eigenvalue weighted by molar-refractivity contribution is -0.173. The molecule has 8 heteroatoms. The molecule has 0 aromatic heterocycles. The summed E-state index contributed by atoms with van der Waals surface area (Å²) in [7, 11) is 0. The Balaban J connectivity index is 1.25. The van der Waals surface area contributed by atoms with Crippen LogP contribution in [0.25, 0.3) is 0 Å². The summed E-state index contributed by atoms with van der Waals surface area (Å²) in [6.07, 6.45) is 2.27. The summed E-state index contributed by atoms with van der Waals surface area (Å²) in [5.74, 6) is -0.713. The Kier molecular flexibility index (Phi) is 10.2. The monoisotopic (exact) mass is 629 g/mol. The molecule has 3 aromatic rings. The van der Waals surface area contributed by atoms with Gasteiger partial charge in [0, 0.05) is 42.5 Å². The molecule has 0 radical (unpaired) electrons. The Morgan fingerprint density at radius 2 is 1.62 bits per heavy atom. The molecule has 0 bridgehead atoms. The van der Waals surface area contributed by atoms with Crippen molar-refractivity contribution in [3.05, 3.63) is 94.5 Å². The highest BCUT2D eigenvalue weighted by atomic mass is 35.5. The first-order chi connectivity index (χ1) is 21.7. The van der Waals surface area contributed by atoms with Crippen LogP contribution in [0.5, 0.6) is 5.75 Å². The van der Waals surface area contributed by atoms with E-state index in [-0.39, 0.29) is 23.6 Å². The summed E-state index contributed by atoms with van der Waals surface area (Å²) in [5.41, 5.74) is 3.11. The largest absolute Gasteiger partial charge is 0.488 e. The highest BCUT2D eigenvalue weighted by Crippen LogP contribution is 2.50. The number of Topliss-reactive ketones (excluding diaryl/α,β-unsaturated/α-hetero) is 1. The van der Waals surface area contributed by atoms with Crippen LogP contribution in [0.15, 0.2) is 72.8 Å². The van der Waals surface area contributed by atoms with Gasteiger partial charge in [0.05, 0.1) is 11.5 Å². The van der Waals surface area contributed by atoms with Gasteiger partial charge >= 0.3 is 0 Å². The average Bonchev–Trinajstić information content (AvgIpc) is 3.05. The number of nitrogens with one attached hydrogen (secondary N) is 1. The van der Waals surface area contributed by atoms with Crippen LogP contribution < -0.4 is 15.0 Å². The highest BCUT2D eigenvalue weighted by molar-refractivity contribution is 6.30. The van der Waals surface area contributed by atoms with Crippen molar-refractivity contribution < 1.29 is 19.1 Å². The van der Waals surface area contributed by atoms with Gasteiger partial charge in [-0.15, -0.1) is 0 Å². The molecule has 1 aliphatic carbocycles. The second kappa shape index (κ2) is 14.1. The van der Waals surface area contributed by atoms with E-state index in [4.69, 9.17) is 16.3 Å². The zero-order valence-corrected chi connectivity index (χ0v) is 27.5. The maximum Gasteiger partial charge on any atom is 0.253 e. The van der Waals surface area contributed by atoms with Gasteiger partial charge in [0.15, 0.2) is 5.78 Å². The Labute approximate surface area is 271 Å². The van der Waals surface area contributed by atoms with Crippen molar-refractivity contribution in [1.82, 2.24) is 10.2 Å². The smallest absolute Gasteiger partial charge is 0.253 e. The molecule has 2 fully saturated rings. The van der Waals surface area contributed by atoms with Crippen molar-refractivity contribution in [3.63, 3.8) is 0 Å². The average molecular weight is 630 g/mol. The topological polar surface area (TPSA) is 78.9 Å². The minimum absolute atomic E-state index is 0.0297. The van der Waals surface area contributed by atoms with Crippen LogP contribution >= 0.6 is 11.6 Å². The number of piperazine rings is 1. The summed E-state index contributed by atoms with van der Waals surface area (Å²) in [6.45, 7) is 10.8. The first-order valence-corrected chi connectivity index (χ1v) is 16.6. The summed E-state index contributed by atoms with van der Waals surface area (Å²) < 4.78 is 6.44. The molecule has 2 unspecified atom stereocenters. The molecule has 1 heterocycles. The molecular weight excluding hydrogens is 586 g/mol. The number of nitrogens with zero attached hydrogens (tertiary/aromatic N) is 2. The van der Waals surface area contributed by atoms with Crippen LogP contribution in [-0.4, -0.2) is 54.8 Å². The third-order valence-electron chi connectivity index (χ3n) is 9.64. The Morgan fingerprint density at radius 3 is 2.22 bits per heavy atom. The van der Waals surface area contributed by atoms with Crippen molar-refractivity contribution >= 4 is 34.9 Å². The molecule has 3 aromatic carbocycles. The minimum atomic E-state index is -0.883. The summed E-state index contributed by atoms with van der Waals surface area (Å²) in [6, 6.07) is 22.8. The van der Waals surface area contributed by atoms with Crippen molar-refractivity contribution in [2.75, 3.05) is 31.1 Å². The van der Waals surface area contributed by atoms with Crippen molar-refractivity contribution in [2.45, 2.75) is 65.5 Å². The van der Waals surface area contributed by atoms with E-state index in [1.807, 2.05) is 74.2 Å². The van der Waals surface area contributed by atoms with Crippen LogP contribution in [0.4, 0.5) is 5.69 Å². The van der Waals surface area contributed by atoms with E-state index in [2.05, 4.69) is 17.1 Å². The molecule has 0 spiro atoms. The van der Waals surface area contributed by atoms with Gasteiger partial charge in [-0.1, -0.05) is 74.7 Å². The molecule has 2 amide bonds. The fourth-order valence-electron chi connectivity index (χ4n) is 6.77. The lowest BCUT2D eigenvalue weighted by Crippen LogP contribution is -2.68. The molecule has 1 N–H and O–H groups in total. The van der Waals surface area contributed by atoms with Gasteiger partial charge < -0.3 is 19.9 Å². The quantitative estimate of drug-likeness (QED) is 0.231. The second-order valence-electron chi connectivity index (χ2n) is 12.3. The first kappa shape index (κ1) is 32.6. The van der Waals surface area contributed by atoms with Crippen molar-refractivity contribution in [2.24, 2.45) is 11.3 Å². The predicted octanol–water partition coefficient (Wildman–Crippen LogP) is 7.02. The number of rotatable bonds is 11. The third-order valence-corrected chi connectivity index (χ3v) is 9.88. The third kappa shape index (κ3) is 6.74. The summed E-state index contributed by atoms with van der Waals surface area (Å²) in [4.78, 5) is 44.6. The molecule has 5 rings (SSSR count). The van der Waals surface area contributed by atoms with E-state index in [9.17, 15) is 14.4 Å². The Morgan fingerprint density at radius 1 is 0.956 bits per heavy atom. The number of hydrogen-bond donors (Lipinski definition) is 1. The number of anilines is 1. The van der Waals surface area contributed by atoms with Crippen LogP contribution in [0.2, 0.25) is 5.02 Å². The molecule has 45 heavy (non-hydrogen) atoms. The number of halogens is 1. The van der Waals surface area contributed by atoms with Crippen molar-refractivity contribution in [3.8, 4) is 5.75 Å². The molecule has 238 valence electrons. The zero-order valence-electron chi connectivity index (χ0n) is 26.7. The van der Waals surface area contributed by atoms with E-state index in [0.717, 1.165) is 42.7 Å². The fourth-order valence-corrected chi connectivity index (χ4v) is 6.95. The number of benzene rings is 3. The maximum absolute atomic E-state index is 13.7. The number of ketones is 1. The molecule has 2 aliphatic rings. The fraction of sp³-hybridized carbons (Fsp3) is 0.432. The number of carbonyl (C=O) groups excluding carboxylic acids is 3. The molecule has 1 saturated heterocycles. The SMILES string of the molecule is CCCC(NC(=O)C1C(=O)C(CC)(CC)[C@@H]1Oc1ccc(C(=O)N2CCN(c3cccc(Cl)c3)CC2)cc1)c1ccc(C)cc1. The molecular formula is C37H44ClN3O4. The highest BCUT2D eigenvalue weighted by Gasteiger charge is 2.64. The zero-order chi connectivity index (χ0) is 32.1. The van der Waals surface area contributed by atoms with E-state index < -0.39 is 17.4 Å². The molecule has 1 saturated carbocycles. The molecule has 7 nitrogen and oxygen atoms in total. The normalized spacial score (nSPS) is 19.9. The van der Waals surface area contributed by atoms with Crippen LogP contribution in [-0.2, 0) is 9.59 Å². The lowest BCUT2D eigenvalue weighted by Gasteiger charge is -2.51. The van der Waals surface area contributed by atoms with Crippen LogP contribution in [0, 0.1) is 18.3 Å². The van der Waals surface area contributed by atoms with E-state index in [1.54, 1.807) is 24.3 Å². The predicted molar refractivity (Wildman–Crippen MR) is 179 cm³/mol. The Bertz CT molecular complexity index is 1490. The summed E-state index contributed by atoms with van der Waals surface area (Å²) >= 11 is 6.16. The van der Waals surface area contributed by atoms with Crippen molar-refractivity contribution in [1.29, 1.82) is 0 Å². The minimum Gasteiger partial charge on any atom is -0.488 e. The second-order valence-corrected chi connectivity index (χ2v) is 12.7. The number of hydrogen-bond acceptors (Lipinski definition) is 5. The van der Waals surface area contributed by atoms with E-state index in [1.165, 1.54) is 0 Å². The van der Waals surface area contributed by atoms with Crippen LogP contribution in [0.3, 0.4) is 0 Å². The van der Waals surface area contributed by atoms with Gasteiger partial charge in [-0.05, 0) is 74.2 Å². The number of amides is 2. The van der Waals surface area contributed by atoms with Gasteiger partial charge in [-0.2, -0.15) is 0 Å². The van der Waals surface area contributed by atoms with Gasteiger partial charge in [-0.25, -0.2) is 0 Å². The number of ether oxygens (including phenoxy) is 1. The van der Waals surface area contributed by atoms with Gasteiger partial charge in [-0.3, -0.25) is 14.4 Å². The summed E-state index contributed by atoms with van der Waals surface area (Å²) in [5, 5.41) is 3.86. The molecule has 1 aliphatic heterocycles. The Hall–Kier alpha value is -3.84. The van der Waals surface area contributed by atoms with Gasteiger partial charge in [0.25, 0.3) is 5.91 Å². The maximum atomic E-state index is 13.7. The number of carbonyl (C=O) groups is 3. The lowest BCUT2D eigenvalue weighted by atomic mass is 9.55. The first-order valence-electron chi connectivity index (χ1n) is 16.2. The van der Waals surface area contributed by atoms with Crippen LogP contribution in [0.1, 0.15) is 74.0 Å². The number of aryl methyl sites for hydroxylation is 1. The van der Waals surface area contributed by atoms with E-state index in [0.29, 0.717) is 42.3 Å².